The molecule has 0 spiro atoms. The molecule has 0 aliphatic heterocycles. The van der Waals surface area contributed by atoms with Gasteiger partial charge in [0.05, 0.1) is 6.04 Å². The zero-order valence-corrected chi connectivity index (χ0v) is 15.1. The van der Waals surface area contributed by atoms with Crippen molar-refractivity contribution in [2.75, 3.05) is 26.0 Å². The van der Waals surface area contributed by atoms with Crippen LogP contribution in [-0.2, 0) is 0 Å². The third-order valence-corrected chi connectivity index (χ3v) is 4.04. The van der Waals surface area contributed by atoms with Gasteiger partial charge in [0, 0.05) is 12.2 Å². The van der Waals surface area contributed by atoms with Gasteiger partial charge in [-0.3, -0.25) is 0 Å². The Morgan fingerprint density at radius 3 is 2.35 bits per heavy atom. The topological polar surface area (TPSA) is 27.3 Å². The van der Waals surface area contributed by atoms with Gasteiger partial charge in [-0.1, -0.05) is 36.4 Å². The lowest BCUT2D eigenvalue weighted by molar-refractivity contribution is 0.363. The van der Waals surface area contributed by atoms with Crippen LogP contribution >= 0.6 is 12.2 Å². The SMILES string of the molecule is Cc1ccc(NC(=S)N[C@H](CN(C)C)c2ccccc2)cc1C. The Balaban J connectivity index is 2.06. The van der Waals surface area contributed by atoms with Gasteiger partial charge in [-0.2, -0.15) is 0 Å². The maximum atomic E-state index is 5.50. The zero-order valence-electron chi connectivity index (χ0n) is 14.3. The van der Waals surface area contributed by atoms with E-state index in [-0.39, 0.29) is 6.04 Å². The number of nitrogens with zero attached hydrogens (tertiary/aromatic N) is 1. The Morgan fingerprint density at radius 1 is 1.04 bits per heavy atom. The number of aryl methyl sites for hydroxylation is 2. The predicted molar refractivity (Wildman–Crippen MR) is 103 cm³/mol. The average Bonchev–Trinajstić information content (AvgIpc) is 2.51. The van der Waals surface area contributed by atoms with E-state index in [1.165, 1.54) is 16.7 Å². The van der Waals surface area contributed by atoms with Crippen molar-refractivity contribution in [3.05, 3.63) is 65.2 Å². The largest absolute Gasteiger partial charge is 0.354 e. The second-order valence-corrected chi connectivity index (χ2v) is 6.53. The molecule has 1 atom stereocenters. The summed E-state index contributed by atoms with van der Waals surface area (Å²) in [6.45, 7) is 5.09. The third kappa shape index (κ3) is 5.34. The highest BCUT2D eigenvalue weighted by atomic mass is 32.1. The first-order chi connectivity index (χ1) is 11.0. The Labute approximate surface area is 144 Å². The summed E-state index contributed by atoms with van der Waals surface area (Å²) in [6.07, 6.45) is 0. The number of benzene rings is 2. The molecule has 0 aliphatic carbocycles. The highest BCUT2D eigenvalue weighted by Crippen LogP contribution is 2.16. The molecular weight excluding hydrogens is 302 g/mol. The molecule has 0 fully saturated rings. The van der Waals surface area contributed by atoms with E-state index in [1.807, 2.05) is 6.07 Å². The number of likely N-dealkylation sites (N-methyl/N-ethyl adjacent to an activating group) is 1. The lowest BCUT2D eigenvalue weighted by Crippen LogP contribution is -2.37. The number of nitrogens with one attached hydrogen (secondary N) is 2. The van der Waals surface area contributed by atoms with Crippen LogP contribution in [0.4, 0.5) is 5.69 Å². The van der Waals surface area contributed by atoms with Gasteiger partial charge in [0.15, 0.2) is 5.11 Å². The van der Waals surface area contributed by atoms with E-state index in [9.17, 15) is 0 Å². The molecule has 23 heavy (non-hydrogen) atoms. The molecule has 3 nitrogen and oxygen atoms in total. The summed E-state index contributed by atoms with van der Waals surface area (Å²) >= 11 is 5.50. The van der Waals surface area contributed by atoms with Crippen molar-refractivity contribution in [2.24, 2.45) is 0 Å². The monoisotopic (exact) mass is 327 g/mol. The molecule has 2 aromatic carbocycles. The number of anilines is 1. The summed E-state index contributed by atoms with van der Waals surface area (Å²) in [5.41, 5.74) is 4.78. The van der Waals surface area contributed by atoms with E-state index in [2.05, 4.69) is 85.9 Å². The lowest BCUT2D eigenvalue weighted by Gasteiger charge is -2.24. The van der Waals surface area contributed by atoms with E-state index >= 15 is 0 Å². The molecule has 0 saturated carbocycles. The molecule has 2 N–H and O–H groups in total. The van der Waals surface area contributed by atoms with E-state index in [1.54, 1.807) is 0 Å². The summed E-state index contributed by atoms with van der Waals surface area (Å²) in [5.74, 6) is 0. The standard InChI is InChI=1S/C19H25N3S/c1-14-10-11-17(12-15(14)2)20-19(23)21-18(13-22(3)4)16-8-6-5-7-9-16/h5-12,18H,13H2,1-4H3,(H2,20,21,23)/t18-/m1/s1. The van der Waals surface area contributed by atoms with Crippen LogP contribution in [0.25, 0.3) is 0 Å². The molecular formula is C19H25N3S. The molecule has 2 rings (SSSR count). The van der Waals surface area contributed by atoms with Crippen molar-refractivity contribution in [3.63, 3.8) is 0 Å². The Bertz CT molecular complexity index is 653. The van der Waals surface area contributed by atoms with E-state index < -0.39 is 0 Å². The van der Waals surface area contributed by atoms with Crippen LogP contribution in [0.1, 0.15) is 22.7 Å². The van der Waals surface area contributed by atoms with E-state index in [0.29, 0.717) is 5.11 Å². The van der Waals surface area contributed by atoms with Crippen LogP contribution in [0.2, 0.25) is 0 Å². The first-order valence-electron chi connectivity index (χ1n) is 7.80. The summed E-state index contributed by atoms with van der Waals surface area (Å²) in [6, 6.07) is 16.8. The van der Waals surface area contributed by atoms with Crippen LogP contribution in [0.3, 0.4) is 0 Å². The van der Waals surface area contributed by atoms with Crippen LogP contribution in [0.5, 0.6) is 0 Å². The molecule has 0 unspecified atom stereocenters. The predicted octanol–water partition coefficient (Wildman–Crippen LogP) is 3.89. The van der Waals surface area contributed by atoms with Crippen molar-refractivity contribution in [3.8, 4) is 0 Å². The number of hydrogen-bond acceptors (Lipinski definition) is 2. The molecule has 0 radical (unpaired) electrons. The van der Waals surface area contributed by atoms with Crippen LogP contribution in [0, 0.1) is 13.8 Å². The lowest BCUT2D eigenvalue weighted by atomic mass is 10.1. The van der Waals surface area contributed by atoms with Gasteiger partial charge in [-0.25, -0.2) is 0 Å². The smallest absolute Gasteiger partial charge is 0.171 e. The Morgan fingerprint density at radius 2 is 1.74 bits per heavy atom. The number of hydrogen-bond donors (Lipinski definition) is 2. The van der Waals surface area contributed by atoms with Gasteiger partial charge in [0.25, 0.3) is 0 Å². The Kier molecular flexibility index (Phi) is 6.13. The van der Waals surface area contributed by atoms with Crippen molar-refractivity contribution >= 4 is 23.0 Å². The fraction of sp³-hybridized carbons (Fsp3) is 0.316. The highest BCUT2D eigenvalue weighted by Gasteiger charge is 2.13. The second-order valence-electron chi connectivity index (χ2n) is 6.12. The normalized spacial score (nSPS) is 12.0. The second kappa shape index (κ2) is 8.09. The maximum Gasteiger partial charge on any atom is 0.171 e. The molecule has 2 aromatic rings. The molecule has 0 aromatic heterocycles. The van der Waals surface area contributed by atoms with Crippen molar-refractivity contribution < 1.29 is 0 Å². The van der Waals surface area contributed by atoms with Crippen molar-refractivity contribution in [1.29, 1.82) is 0 Å². The van der Waals surface area contributed by atoms with Crippen LogP contribution in [-0.4, -0.2) is 30.7 Å². The Hall–Kier alpha value is -1.91. The first kappa shape index (κ1) is 17.4. The molecule has 0 aliphatic rings. The first-order valence-corrected chi connectivity index (χ1v) is 8.21. The van der Waals surface area contributed by atoms with Crippen molar-refractivity contribution in [2.45, 2.75) is 19.9 Å². The molecule has 122 valence electrons. The summed E-state index contributed by atoms with van der Waals surface area (Å²) < 4.78 is 0. The van der Waals surface area contributed by atoms with Crippen LogP contribution < -0.4 is 10.6 Å². The van der Waals surface area contributed by atoms with Gasteiger partial charge in [-0.05, 0) is 69.0 Å². The highest BCUT2D eigenvalue weighted by molar-refractivity contribution is 7.80. The number of rotatable bonds is 5. The molecule has 0 amide bonds. The van der Waals surface area contributed by atoms with E-state index in [4.69, 9.17) is 12.2 Å². The number of thiocarbonyl (C=S) groups is 1. The summed E-state index contributed by atoms with van der Waals surface area (Å²) in [4.78, 5) is 2.16. The van der Waals surface area contributed by atoms with E-state index in [0.717, 1.165) is 12.2 Å². The van der Waals surface area contributed by atoms with Gasteiger partial charge in [0.1, 0.15) is 0 Å². The maximum absolute atomic E-state index is 5.50. The van der Waals surface area contributed by atoms with Gasteiger partial charge >= 0.3 is 0 Å². The fourth-order valence-corrected chi connectivity index (χ4v) is 2.69. The van der Waals surface area contributed by atoms with Crippen LogP contribution in [0.15, 0.2) is 48.5 Å². The summed E-state index contributed by atoms with van der Waals surface area (Å²) in [5, 5.41) is 7.35. The minimum atomic E-state index is 0.151. The third-order valence-electron chi connectivity index (χ3n) is 3.82. The molecule has 0 bridgehead atoms. The minimum absolute atomic E-state index is 0.151. The molecule has 0 heterocycles. The summed E-state index contributed by atoms with van der Waals surface area (Å²) in [7, 11) is 4.13. The molecule has 0 saturated heterocycles. The minimum Gasteiger partial charge on any atom is -0.354 e. The van der Waals surface area contributed by atoms with Gasteiger partial charge < -0.3 is 15.5 Å². The zero-order chi connectivity index (χ0) is 16.8. The quantitative estimate of drug-likeness (QED) is 0.815. The van der Waals surface area contributed by atoms with Gasteiger partial charge in [-0.15, -0.1) is 0 Å². The molecule has 4 heteroatoms. The average molecular weight is 327 g/mol. The fourth-order valence-electron chi connectivity index (χ4n) is 2.43. The van der Waals surface area contributed by atoms with Gasteiger partial charge in [0.2, 0.25) is 0 Å². The van der Waals surface area contributed by atoms with Crippen molar-refractivity contribution in [1.82, 2.24) is 10.2 Å².